The van der Waals surface area contributed by atoms with Gasteiger partial charge in [0.2, 0.25) is 11.8 Å². The molecule has 1 fully saturated rings. The molecule has 2 aromatic rings. The third-order valence-corrected chi connectivity index (χ3v) is 2.96. The third-order valence-electron chi connectivity index (χ3n) is 2.96. The lowest BCUT2D eigenvalue weighted by molar-refractivity contribution is 0.397. The van der Waals surface area contributed by atoms with Gasteiger partial charge in [0.25, 0.3) is 0 Å². The Morgan fingerprint density at radius 3 is 2.61 bits per heavy atom. The molecular weight excluding hydrogens is 226 g/mol. The number of aromatic nitrogens is 2. The number of rotatable bonds is 4. The van der Waals surface area contributed by atoms with Gasteiger partial charge in [-0.2, -0.15) is 4.98 Å². The zero-order valence-corrected chi connectivity index (χ0v) is 10.3. The van der Waals surface area contributed by atoms with Crippen LogP contribution < -0.4 is 10.1 Å². The second-order valence-corrected chi connectivity index (χ2v) is 4.42. The smallest absolute Gasteiger partial charge is 0.230 e. The van der Waals surface area contributed by atoms with Gasteiger partial charge >= 0.3 is 0 Å². The number of para-hydroxylation sites is 1. The molecule has 0 spiro atoms. The highest BCUT2D eigenvalue weighted by molar-refractivity contribution is 5.53. The van der Waals surface area contributed by atoms with Crippen LogP contribution in [0.4, 0.5) is 11.6 Å². The highest BCUT2D eigenvalue weighted by Gasteiger charge is 2.26. The summed E-state index contributed by atoms with van der Waals surface area (Å²) in [6.07, 6.45) is 2.43. The van der Waals surface area contributed by atoms with Crippen LogP contribution in [0, 0.1) is 0 Å². The molecule has 4 nitrogen and oxygen atoms in total. The van der Waals surface area contributed by atoms with E-state index in [1.807, 2.05) is 36.4 Å². The summed E-state index contributed by atoms with van der Waals surface area (Å²) in [7, 11) is 1.63. The first-order valence-corrected chi connectivity index (χ1v) is 6.10. The molecule has 3 rings (SSSR count). The maximum Gasteiger partial charge on any atom is 0.230 e. The second kappa shape index (κ2) is 4.64. The molecule has 1 aliphatic rings. The first-order valence-electron chi connectivity index (χ1n) is 6.10. The van der Waals surface area contributed by atoms with Gasteiger partial charge < -0.3 is 10.1 Å². The Bertz CT molecular complexity index is 538. The molecule has 0 unspecified atom stereocenters. The molecule has 1 aliphatic carbocycles. The molecule has 0 aliphatic heterocycles. The fourth-order valence-corrected chi connectivity index (χ4v) is 1.84. The minimum absolute atomic E-state index is 0.582. The van der Waals surface area contributed by atoms with E-state index in [9.17, 15) is 0 Å². The predicted octanol–water partition coefficient (Wildman–Crippen LogP) is 3.11. The monoisotopic (exact) mass is 241 g/mol. The van der Waals surface area contributed by atoms with Crippen LogP contribution in [0.1, 0.15) is 24.5 Å². The van der Waals surface area contributed by atoms with Crippen molar-refractivity contribution >= 4 is 11.6 Å². The normalized spacial score (nSPS) is 14.3. The minimum atomic E-state index is 0.582. The van der Waals surface area contributed by atoms with Crippen LogP contribution in [0.5, 0.6) is 5.88 Å². The Labute approximate surface area is 106 Å². The van der Waals surface area contributed by atoms with E-state index in [0.717, 1.165) is 11.4 Å². The average molecular weight is 241 g/mol. The lowest BCUT2D eigenvalue weighted by Gasteiger charge is -2.08. The average Bonchev–Trinajstić information content (AvgIpc) is 3.24. The number of methoxy groups -OCH3 is 1. The van der Waals surface area contributed by atoms with Gasteiger partial charge in [0.1, 0.15) is 0 Å². The van der Waals surface area contributed by atoms with Crippen molar-refractivity contribution in [1.29, 1.82) is 0 Å². The highest BCUT2D eigenvalue weighted by atomic mass is 16.5. The van der Waals surface area contributed by atoms with E-state index in [1.165, 1.54) is 12.8 Å². The zero-order chi connectivity index (χ0) is 12.4. The van der Waals surface area contributed by atoms with Crippen molar-refractivity contribution in [2.45, 2.75) is 18.8 Å². The van der Waals surface area contributed by atoms with E-state index in [-0.39, 0.29) is 0 Å². The Morgan fingerprint density at radius 2 is 1.94 bits per heavy atom. The number of hydrogen-bond donors (Lipinski definition) is 1. The number of anilines is 2. The third kappa shape index (κ3) is 2.42. The largest absolute Gasteiger partial charge is 0.481 e. The van der Waals surface area contributed by atoms with Crippen LogP contribution in [0.25, 0.3) is 0 Å². The molecule has 4 heteroatoms. The summed E-state index contributed by atoms with van der Waals surface area (Å²) in [6.45, 7) is 0. The van der Waals surface area contributed by atoms with E-state index in [1.54, 1.807) is 7.11 Å². The number of nitrogens with zero attached hydrogens (tertiary/aromatic N) is 2. The molecule has 1 aromatic heterocycles. The molecule has 0 amide bonds. The maximum atomic E-state index is 5.22. The van der Waals surface area contributed by atoms with Gasteiger partial charge in [0, 0.05) is 17.7 Å². The molecular formula is C14H15N3O. The molecule has 1 aromatic carbocycles. The molecule has 0 bridgehead atoms. The van der Waals surface area contributed by atoms with Crippen molar-refractivity contribution in [3.8, 4) is 5.88 Å². The molecule has 0 radical (unpaired) electrons. The van der Waals surface area contributed by atoms with Crippen molar-refractivity contribution in [1.82, 2.24) is 9.97 Å². The SMILES string of the molecule is COc1cc(C2CC2)nc(Nc2ccccc2)n1. The van der Waals surface area contributed by atoms with Gasteiger partial charge in [-0.15, -0.1) is 0 Å². The van der Waals surface area contributed by atoms with Gasteiger partial charge in [-0.25, -0.2) is 4.98 Å². The summed E-state index contributed by atoms with van der Waals surface area (Å²) >= 11 is 0. The lowest BCUT2D eigenvalue weighted by Crippen LogP contribution is -2.01. The Morgan fingerprint density at radius 1 is 1.17 bits per heavy atom. The van der Waals surface area contributed by atoms with Crippen LogP contribution in [-0.2, 0) is 0 Å². The van der Waals surface area contributed by atoms with Gasteiger partial charge in [0.05, 0.1) is 12.8 Å². The molecule has 18 heavy (non-hydrogen) atoms. The zero-order valence-electron chi connectivity index (χ0n) is 10.3. The Hall–Kier alpha value is -2.10. The van der Waals surface area contributed by atoms with Gasteiger partial charge in [0.15, 0.2) is 0 Å². The Balaban J connectivity index is 1.88. The standard InChI is InChI=1S/C14H15N3O/c1-18-13-9-12(10-7-8-10)16-14(17-13)15-11-5-3-2-4-6-11/h2-6,9-10H,7-8H2,1H3,(H,15,16,17). The quantitative estimate of drug-likeness (QED) is 0.893. The van der Waals surface area contributed by atoms with Crippen molar-refractivity contribution in [3.05, 3.63) is 42.1 Å². The van der Waals surface area contributed by atoms with Crippen molar-refractivity contribution in [2.75, 3.05) is 12.4 Å². The van der Waals surface area contributed by atoms with Crippen LogP contribution in [0.2, 0.25) is 0 Å². The van der Waals surface area contributed by atoms with E-state index in [0.29, 0.717) is 17.7 Å². The molecule has 1 heterocycles. The van der Waals surface area contributed by atoms with Crippen molar-refractivity contribution < 1.29 is 4.74 Å². The number of ether oxygens (including phenoxy) is 1. The highest BCUT2D eigenvalue weighted by Crippen LogP contribution is 2.40. The lowest BCUT2D eigenvalue weighted by atomic mass is 10.3. The molecule has 1 saturated carbocycles. The number of nitrogens with one attached hydrogen (secondary N) is 1. The maximum absolute atomic E-state index is 5.22. The van der Waals surface area contributed by atoms with Gasteiger partial charge in [-0.05, 0) is 25.0 Å². The first kappa shape index (κ1) is 11.0. The van der Waals surface area contributed by atoms with Crippen molar-refractivity contribution in [2.24, 2.45) is 0 Å². The molecule has 0 atom stereocenters. The van der Waals surface area contributed by atoms with E-state index in [2.05, 4.69) is 15.3 Å². The summed E-state index contributed by atoms with van der Waals surface area (Å²) in [5.74, 6) is 1.80. The van der Waals surface area contributed by atoms with Crippen LogP contribution in [-0.4, -0.2) is 17.1 Å². The number of hydrogen-bond acceptors (Lipinski definition) is 4. The summed E-state index contributed by atoms with van der Waals surface area (Å²) in [5.41, 5.74) is 2.05. The molecule has 0 saturated heterocycles. The van der Waals surface area contributed by atoms with Gasteiger partial charge in [-0.1, -0.05) is 18.2 Å². The second-order valence-electron chi connectivity index (χ2n) is 4.42. The van der Waals surface area contributed by atoms with Crippen LogP contribution in [0.3, 0.4) is 0 Å². The topological polar surface area (TPSA) is 47.0 Å². The summed E-state index contributed by atoms with van der Waals surface area (Å²) in [6, 6.07) is 11.8. The number of benzene rings is 1. The minimum Gasteiger partial charge on any atom is -0.481 e. The van der Waals surface area contributed by atoms with E-state index < -0.39 is 0 Å². The Kier molecular flexibility index (Phi) is 2.84. The first-order chi connectivity index (χ1) is 8.85. The predicted molar refractivity (Wildman–Crippen MR) is 70.3 cm³/mol. The van der Waals surface area contributed by atoms with E-state index in [4.69, 9.17) is 4.74 Å². The van der Waals surface area contributed by atoms with Crippen molar-refractivity contribution in [3.63, 3.8) is 0 Å². The van der Waals surface area contributed by atoms with Crippen LogP contribution in [0.15, 0.2) is 36.4 Å². The summed E-state index contributed by atoms with van der Waals surface area (Å²) in [5, 5.41) is 3.20. The van der Waals surface area contributed by atoms with Gasteiger partial charge in [-0.3, -0.25) is 0 Å². The van der Waals surface area contributed by atoms with E-state index >= 15 is 0 Å². The fraction of sp³-hybridized carbons (Fsp3) is 0.286. The summed E-state index contributed by atoms with van der Waals surface area (Å²) < 4.78 is 5.22. The fourth-order valence-electron chi connectivity index (χ4n) is 1.84. The van der Waals surface area contributed by atoms with Crippen LogP contribution >= 0.6 is 0 Å². The molecule has 92 valence electrons. The summed E-state index contributed by atoms with van der Waals surface area (Å²) in [4.78, 5) is 8.85. The molecule has 1 N–H and O–H groups in total.